The zero-order valence-electron chi connectivity index (χ0n) is 14.9. The first-order valence-electron chi connectivity index (χ1n) is 8.71. The summed E-state index contributed by atoms with van der Waals surface area (Å²) in [6.45, 7) is 0.580. The largest absolute Gasteiger partial charge is 0.335 e. The van der Waals surface area contributed by atoms with Crippen LogP contribution in [-0.4, -0.2) is 27.6 Å². The number of amides is 1. The molecule has 0 N–H and O–H groups in total. The van der Waals surface area contributed by atoms with Crippen molar-refractivity contribution in [1.82, 2.24) is 14.7 Å². The van der Waals surface area contributed by atoms with Gasteiger partial charge in [0.2, 0.25) is 0 Å². The van der Waals surface area contributed by atoms with Crippen LogP contribution in [0, 0.1) is 0 Å². The van der Waals surface area contributed by atoms with E-state index in [2.05, 4.69) is 0 Å². The number of rotatable bonds is 5. The SMILES string of the molecule is CN(Cc1cccs1)C(=O)c1cc(-c2ccccc2)nn1-c1ccccc1. The Morgan fingerprint density at radius 2 is 1.70 bits per heavy atom. The van der Waals surface area contributed by atoms with E-state index < -0.39 is 0 Å². The molecule has 2 aromatic heterocycles. The van der Waals surface area contributed by atoms with Gasteiger partial charge in [-0.25, -0.2) is 4.68 Å². The Morgan fingerprint density at radius 3 is 2.37 bits per heavy atom. The third kappa shape index (κ3) is 3.68. The average molecular weight is 373 g/mol. The lowest BCUT2D eigenvalue weighted by Crippen LogP contribution is -2.27. The van der Waals surface area contributed by atoms with Gasteiger partial charge in [0.25, 0.3) is 5.91 Å². The Morgan fingerprint density at radius 1 is 1.00 bits per heavy atom. The minimum atomic E-state index is -0.0538. The van der Waals surface area contributed by atoms with E-state index in [4.69, 9.17) is 5.10 Å². The quantitative estimate of drug-likeness (QED) is 0.500. The van der Waals surface area contributed by atoms with Gasteiger partial charge in [0.15, 0.2) is 0 Å². The summed E-state index contributed by atoms with van der Waals surface area (Å²) >= 11 is 1.65. The maximum absolute atomic E-state index is 13.2. The molecule has 0 spiro atoms. The average Bonchev–Trinajstić information content (AvgIpc) is 3.39. The highest BCUT2D eigenvalue weighted by atomic mass is 32.1. The molecule has 27 heavy (non-hydrogen) atoms. The van der Waals surface area contributed by atoms with Crippen molar-refractivity contribution in [3.05, 3.63) is 94.8 Å². The van der Waals surface area contributed by atoms with Gasteiger partial charge >= 0.3 is 0 Å². The Labute approximate surface area is 162 Å². The molecule has 0 radical (unpaired) electrons. The first kappa shape index (κ1) is 17.2. The first-order valence-corrected chi connectivity index (χ1v) is 9.59. The number of hydrogen-bond acceptors (Lipinski definition) is 3. The molecule has 2 aromatic carbocycles. The third-order valence-electron chi connectivity index (χ3n) is 4.32. The maximum Gasteiger partial charge on any atom is 0.272 e. The molecule has 4 rings (SSSR count). The van der Waals surface area contributed by atoms with Gasteiger partial charge in [0, 0.05) is 17.5 Å². The van der Waals surface area contributed by atoms with Gasteiger partial charge in [0.1, 0.15) is 5.69 Å². The fourth-order valence-corrected chi connectivity index (χ4v) is 3.71. The van der Waals surface area contributed by atoms with Crippen molar-refractivity contribution in [2.24, 2.45) is 0 Å². The summed E-state index contributed by atoms with van der Waals surface area (Å²) in [5, 5.41) is 6.75. The molecule has 0 aliphatic carbocycles. The van der Waals surface area contributed by atoms with E-state index in [1.165, 1.54) is 0 Å². The number of carbonyl (C=O) groups is 1. The number of carbonyl (C=O) groups excluding carboxylic acids is 1. The lowest BCUT2D eigenvalue weighted by molar-refractivity contribution is 0.0777. The fourth-order valence-electron chi connectivity index (χ4n) is 2.95. The molecular formula is C22H19N3OS. The third-order valence-corrected chi connectivity index (χ3v) is 5.18. The van der Waals surface area contributed by atoms with Crippen molar-refractivity contribution >= 4 is 17.2 Å². The van der Waals surface area contributed by atoms with Crippen LogP contribution in [0.25, 0.3) is 16.9 Å². The second-order valence-electron chi connectivity index (χ2n) is 6.27. The van der Waals surface area contributed by atoms with Crippen LogP contribution in [0.15, 0.2) is 84.2 Å². The number of aromatic nitrogens is 2. The van der Waals surface area contributed by atoms with Crippen molar-refractivity contribution < 1.29 is 4.79 Å². The minimum absolute atomic E-state index is 0.0538. The van der Waals surface area contributed by atoms with Crippen LogP contribution >= 0.6 is 11.3 Å². The number of benzene rings is 2. The highest BCUT2D eigenvalue weighted by Gasteiger charge is 2.21. The summed E-state index contributed by atoms with van der Waals surface area (Å²) in [4.78, 5) is 16.1. The lowest BCUT2D eigenvalue weighted by atomic mass is 10.1. The number of para-hydroxylation sites is 1. The van der Waals surface area contributed by atoms with E-state index in [1.54, 1.807) is 20.9 Å². The predicted octanol–water partition coefficient (Wildman–Crippen LogP) is 4.87. The van der Waals surface area contributed by atoms with Crippen LogP contribution in [0.5, 0.6) is 0 Å². The summed E-state index contributed by atoms with van der Waals surface area (Å²) < 4.78 is 1.73. The van der Waals surface area contributed by atoms with Gasteiger partial charge in [-0.1, -0.05) is 54.6 Å². The van der Waals surface area contributed by atoms with Gasteiger partial charge in [-0.05, 0) is 29.6 Å². The van der Waals surface area contributed by atoms with Gasteiger partial charge in [0.05, 0.1) is 17.9 Å². The molecular weight excluding hydrogens is 354 g/mol. The fraction of sp³-hybridized carbons (Fsp3) is 0.0909. The van der Waals surface area contributed by atoms with Gasteiger partial charge in [-0.15, -0.1) is 11.3 Å². The molecule has 0 aliphatic rings. The lowest BCUT2D eigenvalue weighted by Gasteiger charge is -2.17. The molecule has 1 amide bonds. The van der Waals surface area contributed by atoms with Crippen molar-refractivity contribution in [3.8, 4) is 16.9 Å². The topological polar surface area (TPSA) is 38.1 Å². The van der Waals surface area contributed by atoms with E-state index in [0.717, 1.165) is 21.8 Å². The Balaban J connectivity index is 1.73. The standard InChI is InChI=1S/C22H19N3OS/c1-24(16-19-13-8-14-27-19)22(26)21-15-20(17-9-4-2-5-10-17)23-25(21)18-11-6-3-7-12-18/h2-15H,16H2,1H3. The molecule has 0 aliphatic heterocycles. The molecule has 4 aromatic rings. The number of nitrogens with zero attached hydrogens (tertiary/aromatic N) is 3. The van der Waals surface area contributed by atoms with E-state index >= 15 is 0 Å². The summed E-state index contributed by atoms with van der Waals surface area (Å²) in [7, 11) is 1.83. The molecule has 0 unspecified atom stereocenters. The number of thiophene rings is 1. The highest BCUT2D eigenvalue weighted by Crippen LogP contribution is 2.23. The van der Waals surface area contributed by atoms with Crippen molar-refractivity contribution in [2.75, 3.05) is 7.05 Å². The van der Waals surface area contributed by atoms with Crippen LogP contribution in [0.2, 0.25) is 0 Å². The summed E-state index contributed by atoms with van der Waals surface area (Å²) in [6.07, 6.45) is 0. The van der Waals surface area contributed by atoms with Crippen LogP contribution in [-0.2, 0) is 6.54 Å². The van der Waals surface area contributed by atoms with Crippen LogP contribution < -0.4 is 0 Å². The second kappa shape index (κ2) is 7.60. The van der Waals surface area contributed by atoms with E-state index in [1.807, 2.05) is 91.3 Å². The summed E-state index contributed by atoms with van der Waals surface area (Å²) in [5.74, 6) is -0.0538. The molecule has 0 saturated heterocycles. The molecule has 4 nitrogen and oxygen atoms in total. The zero-order valence-corrected chi connectivity index (χ0v) is 15.8. The highest BCUT2D eigenvalue weighted by molar-refractivity contribution is 7.09. The Hall–Kier alpha value is -3.18. The minimum Gasteiger partial charge on any atom is -0.335 e. The number of hydrogen-bond donors (Lipinski definition) is 0. The van der Waals surface area contributed by atoms with Gasteiger partial charge in [-0.3, -0.25) is 4.79 Å². The van der Waals surface area contributed by atoms with Crippen molar-refractivity contribution in [2.45, 2.75) is 6.54 Å². The second-order valence-corrected chi connectivity index (χ2v) is 7.30. The predicted molar refractivity (Wildman–Crippen MR) is 109 cm³/mol. The molecule has 0 atom stereocenters. The normalized spacial score (nSPS) is 10.7. The molecule has 0 fully saturated rings. The summed E-state index contributed by atoms with van der Waals surface area (Å²) in [6, 6.07) is 25.6. The van der Waals surface area contributed by atoms with Crippen molar-refractivity contribution in [1.29, 1.82) is 0 Å². The van der Waals surface area contributed by atoms with E-state index in [-0.39, 0.29) is 5.91 Å². The Kier molecular flexibility index (Phi) is 4.85. The molecule has 5 heteroatoms. The maximum atomic E-state index is 13.2. The Bertz CT molecular complexity index is 1020. The van der Waals surface area contributed by atoms with Gasteiger partial charge in [-0.2, -0.15) is 5.10 Å². The molecule has 0 saturated carbocycles. The first-order chi connectivity index (χ1) is 13.2. The van der Waals surface area contributed by atoms with Crippen LogP contribution in [0.4, 0.5) is 0 Å². The molecule has 2 heterocycles. The van der Waals surface area contributed by atoms with E-state index in [9.17, 15) is 4.79 Å². The van der Waals surface area contributed by atoms with Crippen LogP contribution in [0.1, 0.15) is 15.4 Å². The van der Waals surface area contributed by atoms with Crippen LogP contribution in [0.3, 0.4) is 0 Å². The van der Waals surface area contributed by atoms with Gasteiger partial charge < -0.3 is 4.90 Å². The van der Waals surface area contributed by atoms with Crippen molar-refractivity contribution in [3.63, 3.8) is 0 Å². The van der Waals surface area contributed by atoms with E-state index in [0.29, 0.717) is 12.2 Å². The smallest absolute Gasteiger partial charge is 0.272 e. The zero-order chi connectivity index (χ0) is 18.6. The molecule has 0 bridgehead atoms. The molecule has 134 valence electrons. The summed E-state index contributed by atoms with van der Waals surface area (Å²) in [5.41, 5.74) is 3.20. The monoisotopic (exact) mass is 373 g/mol.